The third-order valence-electron chi connectivity index (χ3n) is 5.50. The van der Waals surface area contributed by atoms with Gasteiger partial charge in [0, 0.05) is 5.56 Å². The Morgan fingerprint density at radius 1 is 1.14 bits per heavy atom. The summed E-state index contributed by atoms with van der Waals surface area (Å²) in [6, 6.07) is 16.0. The van der Waals surface area contributed by atoms with E-state index in [4.69, 9.17) is 14.3 Å². The quantitative estimate of drug-likeness (QED) is 0.274. The lowest BCUT2D eigenvalue weighted by molar-refractivity contribution is -0.114. The van der Waals surface area contributed by atoms with E-state index >= 15 is 0 Å². The number of primary sulfonamides is 1. The molecule has 10 heteroatoms. The summed E-state index contributed by atoms with van der Waals surface area (Å²) in [5.74, 6) is 0.191. The van der Waals surface area contributed by atoms with Crippen LogP contribution in [0.3, 0.4) is 0 Å². The molecule has 1 aliphatic rings. The molecule has 0 aliphatic carbocycles. The Morgan fingerprint density at radius 2 is 1.89 bits per heavy atom. The van der Waals surface area contributed by atoms with Gasteiger partial charge in [-0.25, -0.2) is 18.4 Å². The molecule has 9 nitrogen and oxygen atoms in total. The second kappa shape index (κ2) is 10.3. The number of hydrogen-bond acceptors (Lipinski definition) is 7. The van der Waals surface area contributed by atoms with Crippen molar-refractivity contribution in [2.45, 2.75) is 31.6 Å². The number of esters is 1. The van der Waals surface area contributed by atoms with E-state index in [2.05, 4.69) is 5.10 Å². The zero-order chi connectivity index (χ0) is 25.9. The smallest absolute Gasteiger partial charge is 0.338 e. The molecule has 0 radical (unpaired) electrons. The lowest BCUT2D eigenvalue weighted by atomic mass is 10.1. The number of ether oxygens (including phenoxy) is 1. The first-order chi connectivity index (χ1) is 17.2. The molecule has 4 rings (SSSR count). The highest BCUT2D eigenvalue weighted by Crippen LogP contribution is 2.28. The molecule has 2 N–H and O–H groups in total. The maximum atomic E-state index is 13.0. The lowest BCUT2D eigenvalue weighted by Crippen LogP contribution is -2.21. The van der Waals surface area contributed by atoms with Crippen LogP contribution in [0.4, 0.5) is 5.69 Å². The van der Waals surface area contributed by atoms with Crippen LogP contribution in [0.1, 0.15) is 42.8 Å². The molecular formula is C26H25N3O6S. The summed E-state index contributed by atoms with van der Waals surface area (Å²) in [4.78, 5) is 25.2. The summed E-state index contributed by atoms with van der Waals surface area (Å²) >= 11 is 0. The van der Waals surface area contributed by atoms with E-state index in [9.17, 15) is 18.0 Å². The summed E-state index contributed by atoms with van der Waals surface area (Å²) < 4.78 is 34.1. The average Bonchev–Trinajstić information content (AvgIpc) is 3.44. The number of anilines is 1. The molecule has 0 saturated carbocycles. The second-order valence-electron chi connectivity index (χ2n) is 8.17. The second-order valence-corrected chi connectivity index (χ2v) is 9.73. The Kier molecular flexibility index (Phi) is 7.18. The van der Waals surface area contributed by atoms with Gasteiger partial charge in [-0.2, -0.15) is 10.1 Å². The molecule has 0 fully saturated rings. The molecule has 0 atom stereocenters. The minimum absolute atomic E-state index is 0.0595. The van der Waals surface area contributed by atoms with E-state index in [1.807, 2.05) is 13.0 Å². The zero-order valence-corrected chi connectivity index (χ0v) is 20.6. The van der Waals surface area contributed by atoms with E-state index in [1.54, 1.807) is 43.3 Å². The van der Waals surface area contributed by atoms with E-state index in [-0.39, 0.29) is 16.8 Å². The van der Waals surface area contributed by atoms with E-state index < -0.39 is 10.0 Å². The minimum atomic E-state index is -3.84. The number of hydrazone groups is 1. The Balaban J connectivity index is 1.52. The number of benzene rings is 2. The zero-order valence-electron chi connectivity index (χ0n) is 19.8. The van der Waals surface area contributed by atoms with E-state index in [1.165, 1.54) is 29.3 Å². The van der Waals surface area contributed by atoms with Crippen LogP contribution >= 0.6 is 0 Å². The lowest BCUT2D eigenvalue weighted by Gasteiger charge is -2.11. The van der Waals surface area contributed by atoms with Gasteiger partial charge in [0.1, 0.15) is 11.5 Å². The van der Waals surface area contributed by atoms with Crippen molar-refractivity contribution in [2.24, 2.45) is 10.2 Å². The molecule has 186 valence electrons. The van der Waals surface area contributed by atoms with Crippen LogP contribution in [-0.2, 0) is 19.6 Å². The van der Waals surface area contributed by atoms with E-state index in [0.29, 0.717) is 46.2 Å². The third kappa shape index (κ3) is 5.45. The Bertz CT molecular complexity index is 1470. The minimum Gasteiger partial charge on any atom is -0.462 e. The van der Waals surface area contributed by atoms with Crippen LogP contribution in [0.25, 0.3) is 17.4 Å². The molecule has 0 bridgehead atoms. The van der Waals surface area contributed by atoms with Crippen molar-refractivity contribution < 1.29 is 27.2 Å². The van der Waals surface area contributed by atoms with Gasteiger partial charge in [0.05, 0.1) is 34.0 Å². The molecule has 0 spiro atoms. The molecule has 0 saturated heterocycles. The van der Waals surface area contributed by atoms with Crippen LogP contribution in [0, 0.1) is 0 Å². The van der Waals surface area contributed by atoms with Crippen molar-refractivity contribution >= 4 is 39.4 Å². The number of hydrogen-bond donors (Lipinski definition) is 1. The molecule has 1 aliphatic heterocycles. The number of rotatable bonds is 8. The van der Waals surface area contributed by atoms with Gasteiger partial charge < -0.3 is 9.15 Å². The highest BCUT2D eigenvalue weighted by atomic mass is 32.2. The number of unbranched alkanes of at least 4 members (excludes halogenated alkanes) is 1. The molecule has 36 heavy (non-hydrogen) atoms. The Morgan fingerprint density at radius 3 is 2.58 bits per heavy atom. The van der Waals surface area contributed by atoms with Crippen LogP contribution in [-0.4, -0.2) is 32.6 Å². The largest absolute Gasteiger partial charge is 0.462 e. The van der Waals surface area contributed by atoms with Crippen molar-refractivity contribution in [1.82, 2.24) is 0 Å². The van der Waals surface area contributed by atoms with Gasteiger partial charge in [-0.05, 0) is 68.0 Å². The molecule has 1 amide bonds. The van der Waals surface area contributed by atoms with Crippen molar-refractivity contribution in [1.29, 1.82) is 0 Å². The number of carbonyl (C=O) groups excluding carboxylic acids is 2. The number of furan rings is 1. The summed E-state index contributed by atoms with van der Waals surface area (Å²) in [7, 11) is -3.84. The topological polar surface area (TPSA) is 132 Å². The van der Waals surface area contributed by atoms with Crippen LogP contribution in [0.2, 0.25) is 0 Å². The number of sulfonamides is 1. The summed E-state index contributed by atoms with van der Waals surface area (Å²) in [6.07, 6.45) is 3.33. The maximum Gasteiger partial charge on any atom is 0.338 e. The standard InChI is InChI=1S/C26H25N3O6S/c1-3-4-14-34-26(31)19-7-5-6-18(15-19)24-13-10-21(35-24)16-23-17(2)28-29(25(23)30)20-8-11-22(12-9-20)36(27,32)33/h5-13,15-16H,3-4,14H2,1-2H3,(H2,27,32,33)/b23-16-. The molecular weight excluding hydrogens is 482 g/mol. The first-order valence-corrected chi connectivity index (χ1v) is 12.8. The third-order valence-corrected chi connectivity index (χ3v) is 6.43. The van der Waals surface area contributed by atoms with E-state index in [0.717, 1.165) is 12.8 Å². The Hall–Kier alpha value is -4.02. The summed E-state index contributed by atoms with van der Waals surface area (Å²) in [6.45, 7) is 4.09. The normalized spacial score (nSPS) is 14.9. The summed E-state index contributed by atoms with van der Waals surface area (Å²) in [5, 5.41) is 10.6. The van der Waals surface area contributed by atoms with Crippen LogP contribution < -0.4 is 10.1 Å². The summed E-state index contributed by atoms with van der Waals surface area (Å²) in [5.41, 5.74) is 2.34. The maximum absolute atomic E-state index is 13.0. The fraction of sp³-hybridized carbons (Fsp3) is 0.192. The fourth-order valence-electron chi connectivity index (χ4n) is 3.56. The van der Waals surface area contributed by atoms with Gasteiger partial charge in [-0.15, -0.1) is 0 Å². The first-order valence-electron chi connectivity index (χ1n) is 11.3. The number of carbonyl (C=O) groups is 2. The first kappa shape index (κ1) is 25.1. The molecule has 0 unspecified atom stereocenters. The SMILES string of the molecule is CCCCOC(=O)c1cccc(-c2ccc(/C=C3\C(=O)N(c4ccc(S(N)(=O)=O)cc4)N=C3C)o2)c1. The number of nitrogens with two attached hydrogens (primary N) is 1. The molecule has 3 aromatic rings. The predicted molar refractivity (Wildman–Crippen MR) is 136 cm³/mol. The Labute approximate surface area is 208 Å². The molecule has 1 aromatic heterocycles. The van der Waals surface area contributed by atoms with Gasteiger partial charge in [0.2, 0.25) is 10.0 Å². The highest BCUT2D eigenvalue weighted by molar-refractivity contribution is 7.89. The monoisotopic (exact) mass is 507 g/mol. The van der Waals surface area contributed by atoms with Gasteiger partial charge in [0.25, 0.3) is 5.91 Å². The number of amides is 1. The predicted octanol–water partition coefficient (Wildman–Crippen LogP) is 4.36. The van der Waals surface area contributed by atoms with Gasteiger partial charge in [-0.1, -0.05) is 25.5 Å². The average molecular weight is 508 g/mol. The van der Waals surface area contributed by atoms with Crippen molar-refractivity contribution in [3.8, 4) is 11.3 Å². The fourth-order valence-corrected chi connectivity index (χ4v) is 4.07. The van der Waals surface area contributed by atoms with Gasteiger partial charge in [-0.3, -0.25) is 4.79 Å². The molecule has 2 aromatic carbocycles. The van der Waals surface area contributed by atoms with Crippen LogP contribution in [0.15, 0.2) is 80.7 Å². The number of nitrogens with zero attached hydrogens (tertiary/aromatic N) is 2. The van der Waals surface area contributed by atoms with Crippen molar-refractivity contribution in [3.63, 3.8) is 0 Å². The van der Waals surface area contributed by atoms with Crippen LogP contribution in [0.5, 0.6) is 0 Å². The van der Waals surface area contributed by atoms with Crippen molar-refractivity contribution in [2.75, 3.05) is 11.6 Å². The highest BCUT2D eigenvalue weighted by Gasteiger charge is 2.29. The van der Waals surface area contributed by atoms with Gasteiger partial charge in [0.15, 0.2) is 0 Å². The molecule has 2 heterocycles. The van der Waals surface area contributed by atoms with Gasteiger partial charge >= 0.3 is 5.97 Å². The van der Waals surface area contributed by atoms with Crippen molar-refractivity contribution in [3.05, 3.63) is 77.6 Å².